The summed E-state index contributed by atoms with van der Waals surface area (Å²) < 4.78 is 0. The molecule has 9 nitrogen and oxygen atoms in total. The molecule has 4 atom stereocenters. The zero-order valence-electron chi connectivity index (χ0n) is 15.8. The molecule has 9 heteroatoms. The summed E-state index contributed by atoms with van der Waals surface area (Å²) in [6.07, 6.45) is 2.05. The molecule has 0 heterocycles. The van der Waals surface area contributed by atoms with Crippen LogP contribution in [0.2, 0.25) is 0 Å². The highest BCUT2D eigenvalue weighted by Crippen LogP contribution is 2.36. The van der Waals surface area contributed by atoms with E-state index in [1.165, 1.54) is 6.92 Å². The minimum Gasteiger partial charge on any atom is -0.481 e. The van der Waals surface area contributed by atoms with Crippen molar-refractivity contribution in [2.24, 2.45) is 28.3 Å². The van der Waals surface area contributed by atoms with Crippen LogP contribution >= 0.6 is 0 Å². The fraction of sp³-hybridized carbons (Fsp3) is 0.765. The standard InChI is InChI=1S/C17H31N5O4/c1-4-6-22(7-5-2)15(24)14(20-10(3)23)12-8-11(16(25)26)9-13(12)21-17(18)19/h11-14H,4-9H2,1-3H3,(H,20,23)(H,25,26)(H4,18,19,21). The average Bonchev–Trinajstić information content (AvgIpc) is 2.94. The van der Waals surface area contributed by atoms with Gasteiger partial charge >= 0.3 is 5.97 Å². The van der Waals surface area contributed by atoms with Gasteiger partial charge in [0, 0.05) is 25.9 Å². The number of aliphatic carboxylic acids is 1. The van der Waals surface area contributed by atoms with Crippen LogP contribution in [0.3, 0.4) is 0 Å². The second-order valence-electron chi connectivity index (χ2n) is 6.80. The summed E-state index contributed by atoms with van der Waals surface area (Å²) in [6, 6.07) is -1.37. The lowest BCUT2D eigenvalue weighted by Gasteiger charge is -2.32. The number of nitrogens with two attached hydrogens (primary N) is 2. The molecule has 0 radical (unpaired) electrons. The van der Waals surface area contributed by atoms with Crippen LogP contribution in [0.15, 0.2) is 4.99 Å². The zero-order valence-corrected chi connectivity index (χ0v) is 15.8. The van der Waals surface area contributed by atoms with Crippen molar-refractivity contribution in [3.05, 3.63) is 0 Å². The van der Waals surface area contributed by atoms with E-state index in [0.29, 0.717) is 13.1 Å². The first kappa shape index (κ1) is 21.7. The number of aliphatic imine (C=N–C) groups is 1. The van der Waals surface area contributed by atoms with Crippen molar-refractivity contribution in [1.29, 1.82) is 0 Å². The maximum Gasteiger partial charge on any atom is 0.306 e. The average molecular weight is 369 g/mol. The van der Waals surface area contributed by atoms with Crippen molar-refractivity contribution in [3.8, 4) is 0 Å². The van der Waals surface area contributed by atoms with Crippen LogP contribution in [0, 0.1) is 11.8 Å². The van der Waals surface area contributed by atoms with Gasteiger partial charge in [-0.3, -0.25) is 14.4 Å². The number of carboxylic acid groups (broad SMARTS) is 1. The Labute approximate surface area is 154 Å². The van der Waals surface area contributed by atoms with E-state index in [4.69, 9.17) is 11.5 Å². The number of nitrogens with zero attached hydrogens (tertiary/aromatic N) is 2. The molecule has 0 bridgehead atoms. The molecule has 0 aromatic heterocycles. The van der Waals surface area contributed by atoms with E-state index in [-0.39, 0.29) is 30.6 Å². The summed E-state index contributed by atoms with van der Waals surface area (Å²) in [5.74, 6) is -2.78. The number of amides is 2. The largest absolute Gasteiger partial charge is 0.481 e. The number of carboxylic acids is 1. The Morgan fingerprint density at radius 2 is 1.77 bits per heavy atom. The highest BCUT2D eigenvalue weighted by Gasteiger charge is 2.45. The first-order valence-electron chi connectivity index (χ1n) is 9.08. The van der Waals surface area contributed by atoms with Gasteiger partial charge in [0.15, 0.2) is 5.96 Å². The summed E-state index contributed by atoms with van der Waals surface area (Å²) in [6.45, 7) is 6.43. The Hall–Kier alpha value is -2.32. The van der Waals surface area contributed by atoms with Gasteiger partial charge in [0.05, 0.1) is 12.0 Å². The third kappa shape index (κ3) is 5.89. The highest BCUT2D eigenvalue weighted by atomic mass is 16.4. The second-order valence-corrected chi connectivity index (χ2v) is 6.80. The van der Waals surface area contributed by atoms with E-state index >= 15 is 0 Å². The van der Waals surface area contributed by atoms with E-state index in [9.17, 15) is 19.5 Å². The molecule has 0 saturated heterocycles. The summed E-state index contributed by atoms with van der Waals surface area (Å²) >= 11 is 0. The normalized spacial score (nSPS) is 23.1. The van der Waals surface area contributed by atoms with Crippen LogP contribution in [0.25, 0.3) is 0 Å². The molecule has 2 amide bonds. The number of hydrogen-bond donors (Lipinski definition) is 4. The molecular formula is C17H31N5O4. The molecule has 26 heavy (non-hydrogen) atoms. The number of nitrogens with one attached hydrogen (secondary N) is 1. The number of rotatable bonds is 9. The molecule has 1 fully saturated rings. The lowest BCUT2D eigenvalue weighted by molar-refractivity contribution is -0.142. The van der Waals surface area contributed by atoms with Crippen molar-refractivity contribution in [2.45, 2.75) is 58.5 Å². The fourth-order valence-electron chi connectivity index (χ4n) is 3.59. The molecule has 1 rings (SSSR count). The fourth-order valence-corrected chi connectivity index (χ4v) is 3.59. The lowest BCUT2D eigenvalue weighted by Crippen LogP contribution is -2.53. The summed E-state index contributed by atoms with van der Waals surface area (Å²) in [4.78, 5) is 42.1. The lowest BCUT2D eigenvalue weighted by atomic mass is 9.92. The monoisotopic (exact) mass is 369 g/mol. The Morgan fingerprint density at radius 1 is 1.19 bits per heavy atom. The summed E-state index contributed by atoms with van der Waals surface area (Å²) in [5, 5.41) is 12.1. The molecule has 0 aromatic carbocycles. The molecular weight excluding hydrogens is 338 g/mol. The van der Waals surface area contributed by atoms with Crippen molar-refractivity contribution < 1.29 is 19.5 Å². The van der Waals surface area contributed by atoms with Gasteiger partial charge in [-0.25, -0.2) is 4.99 Å². The molecule has 0 aliphatic heterocycles. The van der Waals surface area contributed by atoms with E-state index in [1.807, 2.05) is 13.8 Å². The third-order valence-corrected chi connectivity index (χ3v) is 4.59. The Morgan fingerprint density at radius 3 is 2.19 bits per heavy atom. The van der Waals surface area contributed by atoms with Gasteiger partial charge in [0.25, 0.3) is 0 Å². The van der Waals surface area contributed by atoms with Gasteiger partial charge in [-0.1, -0.05) is 13.8 Å². The van der Waals surface area contributed by atoms with E-state index in [2.05, 4.69) is 10.3 Å². The molecule has 4 unspecified atom stereocenters. The SMILES string of the molecule is CCCN(CCC)C(=O)C(NC(C)=O)C1CC(C(=O)O)CC1N=C(N)N. The van der Waals surface area contributed by atoms with Crippen molar-refractivity contribution in [3.63, 3.8) is 0 Å². The Kier molecular flexibility index (Phi) is 8.34. The maximum absolute atomic E-state index is 13.1. The van der Waals surface area contributed by atoms with Gasteiger partial charge in [-0.2, -0.15) is 0 Å². The first-order chi connectivity index (χ1) is 12.2. The van der Waals surface area contributed by atoms with Gasteiger partial charge in [-0.05, 0) is 25.7 Å². The quantitative estimate of drug-likeness (QED) is 0.329. The van der Waals surface area contributed by atoms with Crippen LogP contribution in [-0.2, 0) is 14.4 Å². The Bertz CT molecular complexity index is 541. The van der Waals surface area contributed by atoms with Crippen LogP contribution in [0.4, 0.5) is 0 Å². The zero-order chi connectivity index (χ0) is 19.9. The van der Waals surface area contributed by atoms with Crippen LogP contribution < -0.4 is 16.8 Å². The number of guanidine groups is 1. The minimum atomic E-state index is -0.948. The topological polar surface area (TPSA) is 151 Å². The van der Waals surface area contributed by atoms with Crippen molar-refractivity contribution in [2.75, 3.05) is 13.1 Å². The summed E-state index contributed by atoms with van der Waals surface area (Å²) in [7, 11) is 0. The molecule has 0 aromatic rings. The van der Waals surface area contributed by atoms with Crippen LogP contribution in [0.5, 0.6) is 0 Å². The first-order valence-corrected chi connectivity index (χ1v) is 9.08. The Balaban J connectivity index is 3.18. The molecule has 148 valence electrons. The van der Waals surface area contributed by atoms with Crippen LogP contribution in [-0.4, -0.2) is 58.9 Å². The molecule has 1 aliphatic rings. The van der Waals surface area contributed by atoms with Crippen molar-refractivity contribution >= 4 is 23.7 Å². The molecule has 1 aliphatic carbocycles. The smallest absolute Gasteiger partial charge is 0.306 e. The van der Waals surface area contributed by atoms with Crippen LogP contribution in [0.1, 0.15) is 46.5 Å². The summed E-state index contributed by atoms with van der Waals surface area (Å²) in [5.41, 5.74) is 11.0. The number of hydrogen-bond acceptors (Lipinski definition) is 4. The highest BCUT2D eigenvalue weighted by molar-refractivity contribution is 5.87. The number of carbonyl (C=O) groups excluding carboxylic acids is 2. The second kappa shape index (κ2) is 9.98. The predicted molar refractivity (Wildman–Crippen MR) is 98.2 cm³/mol. The minimum absolute atomic E-state index is 0.154. The van der Waals surface area contributed by atoms with Gasteiger partial charge in [-0.15, -0.1) is 0 Å². The van der Waals surface area contributed by atoms with Gasteiger partial charge in [0.2, 0.25) is 11.8 Å². The third-order valence-electron chi connectivity index (χ3n) is 4.59. The predicted octanol–water partition coefficient (Wildman–Crippen LogP) is -0.107. The molecule has 6 N–H and O–H groups in total. The van der Waals surface area contributed by atoms with E-state index in [0.717, 1.165) is 12.8 Å². The van der Waals surface area contributed by atoms with Gasteiger partial charge in [0.1, 0.15) is 6.04 Å². The van der Waals surface area contributed by atoms with E-state index in [1.54, 1.807) is 4.90 Å². The molecule has 0 spiro atoms. The number of carbonyl (C=O) groups is 3. The molecule has 1 saturated carbocycles. The van der Waals surface area contributed by atoms with E-state index < -0.39 is 29.9 Å². The maximum atomic E-state index is 13.1. The van der Waals surface area contributed by atoms with Crippen molar-refractivity contribution in [1.82, 2.24) is 10.2 Å². The van der Waals surface area contributed by atoms with Gasteiger partial charge < -0.3 is 26.8 Å².